The van der Waals surface area contributed by atoms with Crippen molar-refractivity contribution in [1.29, 1.82) is 0 Å². The fourth-order valence-electron chi connectivity index (χ4n) is 1.30. The van der Waals surface area contributed by atoms with Gasteiger partial charge < -0.3 is 5.32 Å². The van der Waals surface area contributed by atoms with Crippen molar-refractivity contribution in [3.8, 4) is 0 Å². The molecule has 0 aliphatic heterocycles. The molecule has 0 fully saturated rings. The van der Waals surface area contributed by atoms with E-state index >= 15 is 0 Å². The first-order valence-electron chi connectivity index (χ1n) is 4.94. The molecule has 1 aromatic rings. The first-order chi connectivity index (χ1) is 7.38. The summed E-state index contributed by atoms with van der Waals surface area (Å²) in [5.41, 5.74) is 0.767. The first kappa shape index (κ1) is 13.0. The lowest BCUT2D eigenvalue weighted by molar-refractivity contribution is -0.133. The predicted octanol–water partition coefficient (Wildman–Crippen LogP) is 3.43. The first-order valence-corrected chi connectivity index (χ1v) is 4.94. The Morgan fingerprint density at radius 2 is 1.75 bits per heavy atom. The van der Waals surface area contributed by atoms with Gasteiger partial charge in [0.15, 0.2) is 0 Å². The molecule has 0 heterocycles. The van der Waals surface area contributed by atoms with Crippen LogP contribution in [0.15, 0.2) is 24.3 Å². The van der Waals surface area contributed by atoms with Crippen molar-refractivity contribution in [1.82, 2.24) is 5.32 Å². The van der Waals surface area contributed by atoms with E-state index in [0.717, 1.165) is 5.56 Å². The Hall–Kier alpha value is -1.10. The minimum atomic E-state index is -4.14. The van der Waals surface area contributed by atoms with E-state index in [9.17, 15) is 17.6 Å². The van der Waals surface area contributed by atoms with Gasteiger partial charge in [-0.25, -0.2) is 4.39 Å². The molecule has 0 saturated carbocycles. The average molecular weight is 235 g/mol. The number of hydrogen-bond acceptors (Lipinski definition) is 1. The Balaban J connectivity index is 2.41. The molecule has 16 heavy (non-hydrogen) atoms. The monoisotopic (exact) mass is 235 g/mol. The molecule has 0 spiro atoms. The summed E-state index contributed by atoms with van der Waals surface area (Å²) < 4.78 is 48.2. The maximum atomic E-state index is 12.6. The van der Waals surface area contributed by atoms with Gasteiger partial charge in [-0.2, -0.15) is 13.2 Å². The fraction of sp³-hybridized carbons (Fsp3) is 0.455. The van der Waals surface area contributed by atoms with E-state index < -0.39 is 12.6 Å². The predicted molar refractivity (Wildman–Crippen MR) is 53.5 cm³/mol. The normalized spacial score (nSPS) is 13.8. The highest BCUT2D eigenvalue weighted by Gasteiger charge is 2.26. The van der Waals surface area contributed by atoms with Gasteiger partial charge in [0.25, 0.3) is 0 Å². The number of halogens is 4. The van der Waals surface area contributed by atoms with Crippen LogP contribution in [0.25, 0.3) is 0 Å². The Morgan fingerprint density at radius 1 is 1.19 bits per heavy atom. The number of alkyl halides is 3. The van der Waals surface area contributed by atoms with E-state index in [1.54, 1.807) is 19.1 Å². The van der Waals surface area contributed by atoms with Crippen LogP contribution in [0, 0.1) is 5.82 Å². The quantitative estimate of drug-likeness (QED) is 0.788. The molecule has 0 aliphatic carbocycles. The van der Waals surface area contributed by atoms with Crippen molar-refractivity contribution >= 4 is 0 Å². The van der Waals surface area contributed by atoms with Crippen LogP contribution >= 0.6 is 0 Å². The van der Waals surface area contributed by atoms with Gasteiger partial charge in [-0.15, -0.1) is 0 Å². The molecule has 0 bridgehead atoms. The Labute approximate surface area is 91.5 Å². The van der Waals surface area contributed by atoms with Gasteiger partial charge in [0.2, 0.25) is 0 Å². The molecule has 0 saturated heterocycles. The van der Waals surface area contributed by atoms with Crippen LogP contribution in [0.4, 0.5) is 17.6 Å². The maximum absolute atomic E-state index is 12.6. The minimum absolute atomic E-state index is 0.137. The summed E-state index contributed by atoms with van der Waals surface area (Å²) in [5.74, 6) is -0.355. The van der Waals surface area contributed by atoms with E-state index in [0.29, 0.717) is 0 Å². The van der Waals surface area contributed by atoms with E-state index in [1.807, 2.05) is 0 Å². The summed E-state index contributed by atoms with van der Waals surface area (Å²) in [6, 6.07) is 5.47. The molecular weight excluding hydrogens is 222 g/mol. The topological polar surface area (TPSA) is 12.0 Å². The van der Waals surface area contributed by atoms with Gasteiger partial charge >= 0.3 is 6.18 Å². The van der Waals surface area contributed by atoms with Gasteiger partial charge in [0.05, 0.1) is 6.42 Å². The zero-order valence-electron chi connectivity index (χ0n) is 8.81. The molecule has 1 aromatic carbocycles. The lowest BCUT2D eigenvalue weighted by atomic mass is 10.1. The third-order valence-electron chi connectivity index (χ3n) is 2.23. The second-order valence-corrected chi connectivity index (χ2v) is 3.59. The van der Waals surface area contributed by atoms with Gasteiger partial charge in [0.1, 0.15) is 5.82 Å². The zero-order valence-corrected chi connectivity index (χ0v) is 8.81. The molecule has 5 heteroatoms. The van der Waals surface area contributed by atoms with Crippen molar-refractivity contribution in [2.24, 2.45) is 0 Å². The molecule has 90 valence electrons. The minimum Gasteiger partial charge on any atom is -0.310 e. The molecule has 1 atom stereocenters. The van der Waals surface area contributed by atoms with Crippen molar-refractivity contribution in [2.45, 2.75) is 25.6 Å². The van der Waals surface area contributed by atoms with Crippen LogP contribution in [-0.4, -0.2) is 12.7 Å². The van der Waals surface area contributed by atoms with Crippen LogP contribution < -0.4 is 5.32 Å². The molecule has 0 aromatic heterocycles. The molecule has 1 nitrogen and oxygen atoms in total. The molecule has 0 unspecified atom stereocenters. The SMILES string of the molecule is C[C@@H](NCCC(F)(F)F)c1ccc(F)cc1. The highest BCUT2D eigenvalue weighted by Crippen LogP contribution is 2.19. The summed E-state index contributed by atoms with van der Waals surface area (Å²) in [6.07, 6.45) is -5.01. The van der Waals surface area contributed by atoms with Crippen LogP contribution in [0.3, 0.4) is 0 Å². The van der Waals surface area contributed by atoms with Crippen LogP contribution in [0.5, 0.6) is 0 Å². The number of rotatable bonds is 4. The highest BCUT2D eigenvalue weighted by atomic mass is 19.4. The average Bonchev–Trinajstić information content (AvgIpc) is 2.16. The lowest BCUT2D eigenvalue weighted by Gasteiger charge is -2.15. The zero-order chi connectivity index (χ0) is 12.2. The van der Waals surface area contributed by atoms with Gasteiger partial charge in [0, 0.05) is 12.6 Å². The largest absolute Gasteiger partial charge is 0.390 e. The maximum Gasteiger partial charge on any atom is 0.390 e. The van der Waals surface area contributed by atoms with Crippen LogP contribution in [-0.2, 0) is 0 Å². The third kappa shape index (κ3) is 4.61. The summed E-state index contributed by atoms with van der Waals surface area (Å²) >= 11 is 0. The molecule has 0 radical (unpaired) electrons. The Morgan fingerprint density at radius 3 is 2.25 bits per heavy atom. The van der Waals surface area contributed by atoms with Crippen LogP contribution in [0.1, 0.15) is 24.9 Å². The number of nitrogens with one attached hydrogen (secondary N) is 1. The second kappa shape index (κ2) is 5.30. The third-order valence-corrected chi connectivity index (χ3v) is 2.23. The van der Waals surface area contributed by atoms with Crippen molar-refractivity contribution < 1.29 is 17.6 Å². The molecule has 0 aliphatic rings. The van der Waals surface area contributed by atoms with E-state index in [2.05, 4.69) is 5.32 Å². The van der Waals surface area contributed by atoms with E-state index in [1.165, 1.54) is 12.1 Å². The fourth-order valence-corrected chi connectivity index (χ4v) is 1.30. The number of benzene rings is 1. The summed E-state index contributed by atoms with van der Waals surface area (Å²) in [7, 11) is 0. The summed E-state index contributed by atoms with van der Waals surface area (Å²) in [6.45, 7) is 1.60. The number of hydrogen-bond donors (Lipinski definition) is 1. The smallest absolute Gasteiger partial charge is 0.310 e. The lowest BCUT2D eigenvalue weighted by Crippen LogP contribution is -2.24. The summed E-state index contributed by atoms with van der Waals surface area (Å²) in [4.78, 5) is 0. The second-order valence-electron chi connectivity index (χ2n) is 3.59. The molecule has 1 N–H and O–H groups in total. The van der Waals surface area contributed by atoms with Gasteiger partial charge in [-0.3, -0.25) is 0 Å². The van der Waals surface area contributed by atoms with Crippen molar-refractivity contribution in [2.75, 3.05) is 6.54 Å². The van der Waals surface area contributed by atoms with E-state index in [4.69, 9.17) is 0 Å². The Bertz CT molecular complexity index is 318. The van der Waals surface area contributed by atoms with Gasteiger partial charge in [-0.1, -0.05) is 12.1 Å². The standard InChI is InChI=1S/C11H13F4N/c1-8(16-7-6-11(13,14)15)9-2-4-10(12)5-3-9/h2-5,8,16H,6-7H2,1H3/t8-/m1/s1. The van der Waals surface area contributed by atoms with Crippen LogP contribution in [0.2, 0.25) is 0 Å². The van der Waals surface area contributed by atoms with Gasteiger partial charge in [-0.05, 0) is 24.6 Å². The molecule has 0 amide bonds. The van der Waals surface area contributed by atoms with E-state index in [-0.39, 0.29) is 18.4 Å². The van der Waals surface area contributed by atoms with Crippen molar-refractivity contribution in [3.05, 3.63) is 35.6 Å². The molecule has 1 rings (SSSR count). The highest BCUT2D eigenvalue weighted by molar-refractivity contribution is 5.19. The molecular formula is C11H13F4N. The summed E-state index contributed by atoms with van der Waals surface area (Å²) in [5, 5.41) is 2.73. The Kier molecular flexibility index (Phi) is 4.29. The van der Waals surface area contributed by atoms with Crippen molar-refractivity contribution in [3.63, 3.8) is 0 Å².